The van der Waals surface area contributed by atoms with Crippen LogP contribution in [0.15, 0.2) is 40.6 Å². The Labute approximate surface area is 176 Å². The molecule has 2 aliphatic rings. The van der Waals surface area contributed by atoms with E-state index in [0.717, 1.165) is 57.6 Å². The van der Waals surface area contributed by atoms with Crippen LogP contribution in [0.2, 0.25) is 0 Å². The number of benzene rings is 1. The molecule has 1 fully saturated rings. The van der Waals surface area contributed by atoms with Crippen molar-refractivity contribution in [2.45, 2.75) is 39.3 Å². The zero-order valence-electron chi connectivity index (χ0n) is 17.9. The molecular weight excluding hydrogens is 391 g/mol. The van der Waals surface area contributed by atoms with E-state index in [9.17, 15) is 13.2 Å². The molecule has 0 aliphatic carbocycles. The molecule has 0 saturated carbocycles. The van der Waals surface area contributed by atoms with Gasteiger partial charge in [0.05, 0.1) is 16.9 Å². The molecular formula is C22H30F3N5. The van der Waals surface area contributed by atoms with Crippen molar-refractivity contribution in [1.82, 2.24) is 9.80 Å². The monoisotopic (exact) mass is 421 g/mol. The highest BCUT2D eigenvalue weighted by Gasteiger charge is 2.34. The quantitative estimate of drug-likeness (QED) is 0.619. The highest BCUT2D eigenvalue weighted by Crippen LogP contribution is 2.41. The minimum Gasteiger partial charge on any atom is -0.352 e. The van der Waals surface area contributed by atoms with Crippen molar-refractivity contribution < 1.29 is 13.2 Å². The summed E-state index contributed by atoms with van der Waals surface area (Å²) in [5.74, 6) is 1.09. The predicted molar refractivity (Wildman–Crippen MR) is 116 cm³/mol. The van der Waals surface area contributed by atoms with E-state index in [2.05, 4.69) is 40.3 Å². The fourth-order valence-corrected chi connectivity index (χ4v) is 3.71. The van der Waals surface area contributed by atoms with Crippen molar-refractivity contribution in [3.63, 3.8) is 0 Å². The molecule has 0 amide bonds. The first-order valence-corrected chi connectivity index (χ1v) is 10.5. The predicted octanol–water partition coefficient (Wildman–Crippen LogP) is 5.13. The first-order valence-electron chi connectivity index (χ1n) is 10.5. The maximum Gasteiger partial charge on any atom is 0.416 e. The fourth-order valence-electron chi connectivity index (χ4n) is 3.71. The molecule has 1 atom stereocenters. The molecule has 164 valence electrons. The molecule has 0 bridgehead atoms. The fraction of sp³-hybridized carbons (Fsp3) is 0.545. The second kappa shape index (κ2) is 9.20. The van der Waals surface area contributed by atoms with E-state index in [4.69, 9.17) is 0 Å². The van der Waals surface area contributed by atoms with Crippen LogP contribution in [0.5, 0.6) is 0 Å². The van der Waals surface area contributed by atoms with Gasteiger partial charge in [-0.1, -0.05) is 33.3 Å². The maximum atomic E-state index is 13.3. The number of halogens is 3. The van der Waals surface area contributed by atoms with Crippen molar-refractivity contribution in [2.75, 3.05) is 38.2 Å². The van der Waals surface area contributed by atoms with E-state index in [1.165, 1.54) is 6.07 Å². The van der Waals surface area contributed by atoms with Crippen LogP contribution >= 0.6 is 0 Å². The van der Waals surface area contributed by atoms with Crippen LogP contribution in [0.3, 0.4) is 0 Å². The number of anilines is 1. The Kier molecular flexibility index (Phi) is 6.85. The van der Waals surface area contributed by atoms with Crippen molar-refractivity contribution in [3.8, 4) is 0 Å². The molecule has 0 N–H and O–H groups in total. The minimum atomic E-state index is -4.42. The van der Waals surface area contributed by atoms with Gasteiger partial charge < -0.3 is 9.80 Å². The Balaban J connectivity index is 1.94. The average Bonchev–Trinajstić information content (AvgIpc) is 2.69. The van der Waals surface area contributed by atoms with Crippen LogP contribution in [-0.2, 0) is 6.18 Å². The molecule has 3 rings (SSSR count). The standard InChI is InChI=1S/C22H30F3N5/c1-5-6-16(2)9-10-26-30-17(3)21(29-13-11-28(4)12-14-29)27-19-15-18(22(23,24)25)7-8-20(19)30/h7-8,10,15-16H,3,5-6,9,11-14H2,1-2,4H3/b26-10-. The number of fused-ring (bicyclic) bond motifs is 1. The van der Waals surface area contributed by atoms with Gasteiger partial charge in [-0.15, -0.1) is 0 Å². The Bertz CT molecular complexity index is 823. The van der Waals surface area contributed by atoms with Gasteiger partial charge in [-0.25, -0.2) is 10.0 Å². The number of amidine groups is 1. The van der Waals surface area contributed by atoms with Gasteiger partial charge in [-0.2, -0.15) is 18.3 Å². The lowest BCUT2D eigenvalue weighted by molar-refractivity contribution is -0.137. The van der Waals surface area contributed by atoms with Gasteiger partial charge in [0.15, 0.2) is 5.84 Å². The molecule has 1 unspecified atom stereocenters. The number of nitrogens with zero attached hydrogens (tertiary/aromatic N) is 5. The minimum absolute atomic E-state index is 0.268. The van der Waals surface area contributed by atoms with Gasteiger partial charge in [0.25, 0.3) is 0 Å². The molecule has 1 aromatic carbocycles. The van der Waals surface area contributed by atoms with Crippen LogP contribution in [0, 0.1) is 5.92 Å². The van der Waals surface area contributed by atoms with E-state index >= 15 is 0 Å². The number of piperazine rings is 1. The molecule has 30 heavy (non-hydrogen) atoms. The van der Waals surface area contributed by atoms with Crippen molar-refractivity contribution in [3.05, 3.63) is 36.0 Å². The number of likely N-dealkylation sites (N-methyl/N-ethyl adjacent to an activating group) is 1. The summed E-state index contributed by atoms with van der Waals surface area (Å²) in [5, 5.41) is 6.22. The van der Waals surface area contributed by atoms with Crippen molar-refractivity contribution in [1.29, 1.82) is 0 Å². The zero-order chi connectivity index (χ0) is 21.9. The van der Waals surface area contributed by atoms with Gasteiger partial charge >= 0.3 is 6.18 Å². The Hall–Kier alpha value is -2.35. The summed E-state index contributed by atoms with van der Waals surface area (Å²) < 4.78 is 39.8. The second-order valence-corrected chi connectivity index (χ2v) is 8.11. The van der Waals surface area contributed by atoms with Gasteiger partial charge in [-0.05, 0) is 37.6 Å². The average molecular weight is 422 g/mol. The number of hydrogen-bond donors (Lipinski definition) is 0. The lowest BCUT2D eigenvalue weighted by Gasteiger charge is -2.38. The van der Waals surface area contributed by atoms with Crippen molar-refractivity contribution >= 4 is 23.4 Å². The van der Waals surface area contributed by atoms with Gasteiger partial charge in [0, 0.05) is 32.4 Å². The molecule has 0 radical (unpaired) electrons. The summed E-state index contributed by atoms with van der Waals surface area (Å²) in [7, 11) is 2.05. The van der Waals surface area contributed by atoms with E-state index in [0.29, 0.717) is 23.1 Å². The van der Waals surface area contributed by atoms with Crippen LogP contribution < -0.4 is 5.01 Å². The third kappa shape index (κ3) is 5.03. The largest absolute Gasteiger partial charge is 0.416 e. The summed E-state index contributed by atoms with van der Waals surface area (Å²) in [5.41, 5.74) is 0.664. The number of rotatable bonds is 5. The van der Waals surface area contributed by atoms with Crippen LogP contribution in [0.1, 0.15) is 38.7 Å². The molecule has 0 aromatic heterocycles. The topological polar surface area (TPSA) is 34.4 Å². The lowest BCUT2D eigenvalue weighted by Crippen LogP contribution is -2.49. The third-order valence-corrected chi connectivity index (χ3v) is 5.56. The number of alkyl halides is 3. The summed E-state index contributed by atoms with van der Waals surface area (Å²) in [4.78, 5) is 8.87. The molecule has 0 spiro atoms. The van der Waals surface area contributed by atoms with Crippen LogP contribution in [-0.4, -0.2) is 55.1 Å². The van der Waals surface area contributed by atoms with E-state index in [1.807, 2.05) is 13.3 Å². The molecule has 5 nitrogen and oxygen atoms in total. The Morgan fingerprint density at radius 3 is 2.57 bits per heavy atom. The maximum absolute atomic E-state index is 13.3. The number of hydrogen-bond acceptors (Lipinski definition) is 5. The molecule has 8 heteroatoms. The van der Waals surface area contributed by atoms with Gasteiger partial charge in [0.2, 0.25) is 0 Å². The van der Waals surface area contributed by atoms with Crippen molar-refractivity contribution in [2.24, 2.45) is 16.0 Å². The zero-order valence-corrected chi connectivity index (χ0v) is 17.9. The second-order valence-electron chi connectivity index (χ2n) is 8.11. The molecule has 2 aliphatic heterocycles. The SMILES string of the molecule is C=C1C(N2CCN(C)CC2)=Nc2cc(C(F)(F)F)ccc2N1/N=C\CC(C)CCC. The molecule has 2 heterocycles. The first-order chi connectivity index (χ1) is 14.2. The van der Waals surface area contributed by atoms with Gasteiger partial charge in [-0.3, -0.25) is 0 Å². The highest BCUT2D eigenvalue weighted by atomic mass is 19.4. The van der Waals surface area contributed by atoms with Gasteiger partial charge in [0.1, 0.15) is 5.70 Å². The smallest absolute Gasteiger partial charge is 0.352 e. The molecule has 1 aromatic rings. The number of hydrazone groups is 1. The Morgan fingerprint density at radius 2 is 1.93 bits per heavy atom. The third-order valence-electron chi connectivity index (χ3n) is 5.56. The lowest BCUT2D eigenvalue weighted by atomic mass is 10.0. The Morgan fingerprint density at radius 1 is 1.23 bits per heavy atom. The summed E-state index contributed by atoms with van der Waals surface area (Å²) in [6.07, 6.45) is 0.423. The normalized spacial score (nSPS) is 19.3. The van der Waals surface area contributed by atoms with Crippen LogP contribution in [0.25, 0.3) is 0 Å². The summed E-state index contributed by atoms with van der Waals surface area (Å²) >= 11 is 0. The van der Waals surface area contributed by atoms with E-state index in [-0.39, 0.29) is 5.69 Å². The number of aliphatic imine (C=N–C) groups is 1. The van der Waals surface area contributed by atoms with Crippen LogP contribution in [0.4, 0.5) is 24.5 Å². The van der Waals surface area contributed by atoms with E-state index in [1.54, 1.807) is 5.01 Å². The summed E-state index contributed by atoms with van der Waals surface area (Å²) in [6.45, 7) is 11.7. The highest BCUT2D eigenvalue weighted by molar-refractivity contribution is 6.06. The molecule has 1 saturated heterocycles. The first kappa shape index (κ1) is 22.3. The summed E-state index contributed by atoms with van der Waals surface area (Å²) in [6, 6.07) is 3.60. The van der Waals surface area contributed by atoms with E-state index < -0.39 is 11.7 Å².